The van der Waals surface area contributed by atoms with Crippen molar-refractivity contribution < 1.29 is 0 Å². The highest BCUT2D eigenvalue weighted by Gasteiger charge is 2.16. The number of hydrogen-bond acceptors (Lipinski definition) is 3. The van der Waals surface area contributed by atoms with Gasteiger partial charge in [-0.2, -0.15) is 0 Å². The van der Waals surface area contributed by atoms with E-state index in [2.05, 4.69) is 22.0 Å². The molecule has 0 aromatic rings. The van der Waals surface area contributed by atoms with Gasteiger partial charge in [-0.05, 0) is 71.2 Å². The Bertz CT molecular complexity index is 214. The summed E-state index contributed by atoms with van der Waals surface area (Å²) in [6, 6.07) is 0.773. The van der Waals surface area contributed by atoms with Crippen LogP contribution in [0.3, 0.4) is 0 Å². The van der Waals surface area contributed by atoms with Crippen LogP contribution < -0.4 is 5.32 Å². The van der Waals surface area contributed by atoms with Crippen molar-refractivity contribution in [2.75, 3.05) is 45.8 Å². The van der Waals surface area contributed by atoms with Crippen molar-refractivity contribution in [2.45, 2.75) is 51.5 Å². The van der Waals surface area contributed by atoms with E-state index in [4.69, 9.17) is 0 Å². The lowest BCUT2D eigenvalue weighted by Gasteiger charge is -2.21. The molecule has 1 unspecified atom stereocenters. The molecule has 0 radical (unpaired) electrons. The largest absolute Gasteiger partial charge is 0.313 e. The van der Waals surface area contributed by atoms with Gasteiger partial charge in [0, 0.05) is 19.1 Å². The van der Waals surface area contributed by atoms with E-state index < -0.39 is 0 Å². The number of hydrogen-bond donors (Lipinski definition) is 1. The van der Waals surface area contributed by atoms with E-state index in [-0.39, 0.29) is 0 Å². The van der Waals surface area contributed by atoms with Crippen LogP contribution in [0.15, 0.2) is 0 Å². The lowest BCUT2D eigenvalue weighted by molar-refractivity contribution is 0.280. The second-order valence-corrected chi connectivity index (χ2v) is 5.97. The smallest absolute Gasteiger partial charge is 0.0107 e. The van der Waals surface area contributed by atoms with Gasteiger partial charge in [-0.25, -0.2) is 0 Å². The minimum absolute atomic E-state index is 0.773. The maximum atomic E-state index is 3.78. The van der Waals surface area contributed by atoms with Gasteiger partial charge in [0.1, 0.15) is 0 Å². The summed E-state index contributed by atoms with van der Waals surface area (Å²) in [6.45, 7) is 11.3. The molecule has 2 rings (SSSR count). The zero-order valence-electron chi connectivity index (χ0n) is 12.2. The first-order valence-corrected chi connectivity index (χ1v) is 8.06. The molecular weight excluding hydrogens is 222 g/mol. The lowest BCUT2D eigenvalue weighted by Crippen LogP contribution is -2.37. The number of rotatable bonds is 6. The Morgan fingerprint density at radius 1 is 0.889 bits per heavy atom. The van der Waals surface area contributed by atoms with Gasteiger partial charge in [0.25, 0.3) is 0 Å². The minimum Gasteiger partial charge on any atom is -0.313 e. The molecule has 3 heteroatoms. The van der Waals surface area contributed by atoms with E-state index in [0.29, 0.717) is 0 Å². The highest BCUT2D eigenvalue weighted by Crippen LogP contribution is 2.11. The second-order valence-electron chi connectivity index (χ2n) is 5.97. The number of likely N-dealkylation sites (tertiary alicyclic amines) is 2. The van der Waals surface area contributed by atoms with E-state index in [1.807, 2.05) is 0 Å². The van der Waals surface area contributed by atoms with E-state index in [1.165, 1.54) is 84.3 Å². The summed E-state index contributed by atoms with van der Waals surface area (Å²) in [5, 5.41) is 3.78. The maximum Gasteiger partial charge on any atom is 0.0107 e. The quantitative estimate of drug-likeness (QED) is 0.780. The molecule has 3 nitrogen and oxygen atoms in total. The molecule has 2 saturated heterocycles. The van der Waals surface area contributed by atoms with Crippen molar-refractivity contribution in [3.8, 4) is 0 Å². The van der Waals surface area contributed by atoms with Gasteiger partial charge < -0.3 is 15.1 Å². The number of nitrogens with one attached hydrogen (secondary N) is 1. The monoisotopic (exact) mass is 253 g/mol. The van der Waals surface area contributed by atoms with Gasteiger partial charge in [0.15, 0.2) is 0 Å². The average Bonchev–Trinajstić information content (AvgIpc) is 2.78. The second kappa shape index (κ2) is 8.13. The van der Waals surface area contributed by atoms with Crippen LogP contribution in [0.2, 0.25) is 0 Å². The summed E-state index contributed by atoms with van der Waals surface area (Å²) >= 11 is 0. The molecule has 2 heterocycles. The van der Waals surface area contributed by atoms with E-state index in [0.717, 1.165) is 6.04 Å². The summed E-state index contributed by atoms with van der Waals surface area (Å²) in [5.41, 5.74) is 0. The molecular formula is C15H31N3. The fourth-order valence-corrected chi connectivity index (χ4v) is 3.33. The molecule has 0 amide bonds. The fraction of sp³-hybridized carbons (Fsp3) is 1.00. The van der Waals surface area contributed by atoms with Crippen LogP contribution in [0.4, 0.5) is 0 Å². The molecule has 0 aliphatic carbocycles. The van der Waals surface area contributed by atoms with Gasteiger partial charge in [-0.3, -0.25) is 0 Å². The van der Waals surface area contributed by atoms with Gasteiger partial charge in [0.2, 0.25) is 0 Å². The van der Waals surface area contributed by atoms with Gasteiger partial charge in [-0.15, -0.1) is 0 Å². The van der Waals surface area contributed by atoms with E-state index in [9.17, 15) is 0 Å². The SMILES string of the molecule is CCCN1CCCC(NCCN2CCCC2)CC1. The predicted octanol–water partition coefficient (Wildman–Crippen LogP) is 1.94. The Morgan fingerprint density at radius 3 is 2.39 bits per heavy atom. The zero-order chi connectivity index (χ0) is 12.6. The summed E-state index contributed by atoms with van der Waals surface area (Å²) in [5.74, 6) is 0. The predicted molar refractivity (Wildman–Crippen MR) is 78.0 cm³/mol. The van der Waals surface area contributed by atoms with Crippen molar-refractivity contribution in [3.63, 3.8) is 0 Å². The first kappa shape index (κ1) is 14.3. The lowest BCUT2D eigenvalue weighted by atomic mass is 10.1. The molecule has 18 heavy (non-hydrogen) atoms. The normalized spacial score (nSPS) is 27.5. The topological polar surface area (TPSA) is 18.5 Å². The van der Waals surface area contributed by atoms with Crippen molar-refractivity contribution >= 4 is 0 Å². The molecule has 0 saturated carbocycles. The number of nitrogens with zero attached hydrogens (tertiary/aromatic N) is 2. The Labute approximate surface area is 113 Å². The third kappa shape index (κ3) is 4.87. The van der Waals surface area contributed by atoms with E-state index in [1.54, 1.807) is 0 Å². The van der Waals surface area contributed by atoms with Crippen molar-refractivity contribution in [1.29, 1.82) is 0 Å². The van der Waals surface area contributed by atoms with Crippen LogP contribution in [-0.4, -0.2) is 61.7 Å². The Balaban J connectivity index is 1.58. The molecule has 106 valence electrons. The first-order chi connectivity index (χ1) is 8.88. The summed E-state index contributed by atoms with van der Waals surface area (Å²) in [4.78, 5) is 5.25. The first-order valence-electron chi connectivity index (χ1n) is 8.06. The molecule has 2 fully saturated rings. The van der Waals surface area contributed by atoms with Gasteiger partial charge in [0.05, 0.1) is 0 Å². The Morgan fingerprint density at radius 2 is 1.61 bits per heavy atom. The highest BCUT2D eigenvalue weighted by molar-refractivity contribution is 4.76. The summed E-state index contributed by atoms with van der Waals surface area (Å²) in [7, 11) is 0. The third-order valence-electron chi connectivity index (χ3n) is 4.42. The van der Waals surface area contributed by atoms with Crippen molar-refractivity contribution in [3.05, 3.63) is 0 Å². The summed E-state index contributed by atoms with van der Waals surface area (Å²) in [6.07, 6.45) is 8.22. The molecule has 0 aromatic carbocycles. The third-order valence-corrected chi connectivity index (χ3v) is 4.42. The molecule has 1 atom stereocenters. The molecule has 2 aliphatic heterocycles. The van der Waals surface area contributed by atoms with Crippen LogP contribution in [0.25, 0.3) is 0 Å². The van der Waals surface area contributed by atoms with Gasteiger partial charge >= 0.3 is 0 Å². The Hall–Kier alpha value is -0.120. The van der Waals surface area contributed by atoms with Crippen molar-refractivity contribution in [2.24, 2.45) is 0 Å². The highest BCUT2D eigenvalue weighted by atomic mass is 15.2. The maximum absolute atomic E-state index is 3.78. The molecule has 2 aliphatic rings. The molecule has 0 aromatic heterocycles. The van der Waals surface area contributed by atoms with Crippen LogP contribution in [-0.2, 0) is 0 Å². The standard InChI is InChI=1S/C15H31N3/c1-2-9-17-12-5-6-15(7-13-17)16-8-14-18-10-3-4-11-18/h15-16H,2-14H2,1H3. The van der Waals surface area contributed by atoms with Crippen LogP contribution >= 0.6 is 0 Å². The zero-order valence-corrected chi connectivity index (χ0v) is 12.2. The van der Waals surface area contributed by atoms with Crippen molar-refractivity contribution in [1.82, 2.24) is 15.1 Å². The molecule has 0 bridgehead atoms. The minimum atomic E-state index is 0.773. The molecule has 0 spiro atoms. The molecule has 1 N–H and O–H groups in total. The van der Waals surface area contributed by atoms with E-state index >= 15 is 0 Å². The Kier molecular flexibility index (Phi) is 6.46. The fourth-order valence-electron chi connectivity index (χ4n) is 3.33. The van der Waals surface area contributed by atoms with Crippen LogP contribution in [0.5, 0.6) is 0 Å². The van der Waals surface area contributed by atoms with Gasteiger partial charge in [-0.1, -0.05) is 6.92 Å². The average molecular weight is 253 g/mol. The van der Waals surface area contributed by atoms with Crippen LogP contribution in [0.1, 0.15) is 45.4 Å². The summed E-state index contributed by atoms with van der Waals surface area (Å²) < 4.78 is 0. The van der Waals surface area contributed by atoms with Crippen LogP contribution in [0, 0.1) is 0 Å².